The van der Waals surface area contributed by atoms with Crippen molar-refractivity contribution >= 4 is 6.09 Å². The highest BCUT2D eigenvalue weighted by Crippen LogP contribution is 2.23. The van der Waals surface area contributed by atoms with Crippen LogP contribution in [0.15, 0.2) is 0 Å². The summed E-state index contributed by atoms with van der Waals surface area (Å²) in [7, 11) is 0. The summed E-state index contributed by atoms with van der Waals surface area (Å²) in [6.07, 6.45) is 3.79. The number of carbonyl (C=O) groups excluding carboxylic acids is 1. The molecule has 1 aliphatic rings. The van der Waals surface area contributed by atoms with E-state index in [4.69, 9.17) is 4.74 Å². The Morgan fingerprint density at radius 3 is 2.59 bits per heavy atom. The number of carbonyl (C=O) groups is 1. The molecule has 0 bridgehead atoms. The number of aliphatic hydroxyl groups is 1. The van der Waals surface area contributed by atoms with E-state index in [1.807, 2.05) is 25.7 Å². The summed E-state index contributed by atoms with van der Waals surface area (Å²) < 4.78 is 5.48. The molecule has 5 nitrogen and oxygen atoms in total. The summed E-state index contributed by atoms with van der Waals surface area (Å²) >= 11 is 0. The zero-order valence-corrected chi connectivity index (χ0v) is 14.9. The molecule has 0 aromatic rings. The van der Waals surface area contributed by atoms with Crippen LogP contribution in [0.5, 0.6) is 0 Å². The van der Waals surface area contributed by atoms with E-state index in [9.17, 15) is 9.90 Å². The lowest BCUT2D eigenvalue weighted by Gasteiger charge is -2.29. The van der Waals surface area contributed by atoms with Crippen LogP contribution in [0.3, 0.4) is 0 Å². The Kier molecular flexibility index (Phi) is 7.13. The Bertz CT molecular complexity index is 348. The maximum atomic E-state index is 12.2. The molecular formula is C17H34N2O3. The molecule has 0 aromatic carbocycles. The van der Waals surface area contributed by atoms with E-state index in [1.165, 1.54) is 0 Å². The summed E-state index contributed by atoms with van der Waals surface area (Å²) in [5.74, 6) is 0. The van der Waals surface area contributed by atoms with Crippen molar-refractivity contribution in [2.75, 3.05) is 26.2 Å². The van der Waals surface area contributed by atoms with Gasteiger partial charge in [0.25, 0.3) is 0 Å². The molecule has 1 aliphatic heterocycles. The molecule has 2 unspecified atom stereocenters. The average molecular weight is 314 g/mol. The minimum atomic E-state index is -0.438. The van der Waals surface area contributed by atoms with Crippen LogP contribution < -0.4 is 5.32 Å². The van der Waals surface area contributed by atoms with Gasteiger partial charge in [0.15, 0.2) is 0 Å². The fourth-order valence-corrected chi connectivity index (χ4v) is 2.65. The minimum absolute atomic E-state index is 0.0550. The lowest BCUT2D eigenvalue weighted by Crippen LogP contribution is -2.41. The normalized spacial score (nSPS) is 21.7. The highest BCUT2D eigenvalue weighted by Gasteiger charge is 2.31. The number of likely N-dealkylation sites (tertiary alicyclic amines) is 1. The predicted octanol–water partition coefficient (Wildman–Crippen LogP) is 2.77. The van der Waals surface area contributed by atoms with Gasteiger partial charge in [-0.15, -0.1) is 0 Å². The van der Waals surface area contributed by atoms with Gasteiger partial charge in [0.2, 0.25) is 0 Å². The first-order valence-corrected chi connectivity index (χ1v) is 8.52. The third-order valence-corrected chi connectivity index (χ3v) is 4.45. The van der Waals surface area contributed by atoms with Gasteiger partial charge < -0.3 is 20.1 Å². The number of amides is 1. The number of ether oxygens (including phenoxy) is 1. The molecule has 0 aromatic heterocycles. The second-order valence-electron chi connectivity index (χ2n) is 7.76. The van der Waals surface area contributed by atoms with Crippen LogP contribution in [-0.4, -0.2) is 54.0 Å². The molecule has 0 saturated carbocycles. The van der Waals surface area contributed by atoms with Gasteiger partial charge >= 0.3 is 6.09 Å². The van der Waals surface area contributed by atoms with Crippen molar-refractivity contribution in [2.24, 2.45) is 5.41 Å². The third-order valence-electron chi connectivity index (χ3n) is 4.45. The fourth-order valence-electron chi connectivity index (χ4n) is 2.65. The number of nitrogens with one attached hydrogen (secondary N) is 1. The van der Waals surface area contributed by atoms with E-state index in [0.717, 1.165) is 45.3 Å². The molecule has 1 saturated heterocycles. The summed E-state index contributed by atoms with van der Waals surface area (Å²) in [6.45, 7) is 12.5. The maximum absolute atomic E-state index is 12.2. The molecule has 0 spiro atoms. The van der Waals surface area contributed by atoms with Gasteiger partial charge in [0.05, 0.1) is 0 Å². The van der Waals surface area contributed by atoms with E-state index >= 15 is 0 Å². The van der Waals surface area contributed by atoms with E-state index < -0.39 is 5.60 Å². The second-order valence-corrected chi connectivity index (χ2v) is 7.76. The Labute approximate surface area is 135 Å². The molecule has 5 heteroatoms. The van der Waals surface area contributed by atoms with Crippen molar-refractivity contribution in [3.05, 3.63) is 0 Å². The van der Waals surface area contributed by atoms with E-state index in [0.29, 0.717) is 0 Å². The second kappa shape index (κ2) is 8.16. The van der Waals surface area contributed by atoms with Crippen LogP contribution in [0.2, 0.25) is 0 Å². The van der Waals surface area contributed by atoms with Crippen molar-refractivity contribution in [3.63, 3.8) is 0 Å². The molecule has 2 atom stereocenters. The molecule has 1 heterocycles. The van der Waals surface area contributed by atoms with Gasteiger partial charge in [0, 0.05) is 31.2 Å². The van der Waals surface area contributed by atoms with Gasteiger partial charge in [-0.3, -0.25) is 0 Å². The maximum Gasteiger partial charge on any atom is 0.410 e. The van der Waals surface area contributed by atoms with Crippen LogP contribution in [0.25, 0.3) is 0 Å². The fraction of sp³-hybridized carbons (Fsp3) is 0.941. The lowest BCUT2D eigenvalue weighted by atomic mass is 9.88. The molecule has 1 rings (SSSR count). The zero-order valence-electron chi connectivity index (χ0n) is 14.9. The Morgan fingerprint density at radius 1 is 1.36 bits per heavy atom. The summed E-state index contributed by atoms with van der Waals surface area (Å²) in [5, 5.41) is 12.8. The first kappa shape index (κ1) is 19.2. The Hall–Kier alpha value is -0.810. The van der Waals surface area contributed by atoms with E-state index in [-0.39, 0.29) is 24.2 Å². The van der Waals surface area contributed by atoms with Crippen molar-refractivity contribution in [3.8, 4) is 0 Å². The van der Waals surface area contributed by atoms with Gasteiger partial charge in [-0.2, -0.15) is 0 Å². The largest absolute Gasteiger partial charge is 0.444 e. The topological polar surface area (TPSA) is 61.8 Å². The monoisotopic (exact) mass is 314 g/mol. The highest BCUT2D eigenvalue weighted by atomic mass is 16.6. The van der Waals surface area contributed by atoms with Crippen LogP contribution in [0.1, 0.15) is 60.3 Å². The lowest BCUT2D eigenvalue weighted by molar-refractivity contribution is 0.0220. The number of aliphatic hydroxyl groups excluding tert-OH is 1. The summed E-state index contributed by atoms with van der Waals surface area (Å²) in [4.78, 5) is 14.1. The molecule has 0 aliphatic carbocycles. The summed E-state index contributed by atoms with van der Waals surface area (Å²) in [6, 6.07) is 0.268. The first-order valence-electron chi connectivity index (χ1n) is 8.52. The van der Waals surface area contributed by atoms with Crippen molar-refractivity contribution in [1.29, 1.82) is 0 Å². The standard InChI is InChI=1S/C17H34N2O3/c1-6-17(5,13-20)12-18-10-9-14-8-7-11-19(14)15(21)22-16(2,3)4/h14,18,20H,6-13H2,1-5H3. The highest BCUT2D eigenvalue weighted by molar-refractivity contribution is 5.68. The number of hydrogen-bond acceptors (Lipinski definition) is 4. The molecule has 22 heavy (non-hydrogen) atoms. The molecule has 1 fully saturated rings. The smallest absolute Gasteiger partial charge is 0.410 e. The zero-order chi connectivity index (χ0) is 16.8. The van der Waals surface area contributed by atoms with Crippen LogP contribution in [0.4, 0.5) is 4.79 Å². The third kappa shape index (κ3) is 6.13. The minimum Gasteiger partial charge on any atom is -0.444 e. The SMILES string of the molecule is CCC(C)(CO)CNCCC1CCCN1C(=O)OC(C)(C)C. The number of hydrogen-bond donors (Lipinski definition) is 2. The molecule has 0 radical (unpaired) electrons. The average Bonchev–Trinajstić information content (AvgIpc) is 2.90. The quantitative estimate of drug-likeness (QED) is 0.709. The number of nitrogens with zero attached hydrogens (tertiary/aromatic N) is 1. The molecule has 1 amide bonds. The van der Waals surface area contributed by atoms with Crippen LogP contribution in [-0.2, 0) is 4.74 Å². The Balaban J connectivity index is 2.37. The van der Waals surface area contributed by atoms with Crippen LogP contribution in [0, 0.1) is 5.41 Å². The number of rotatable bonds is 7. The van der Waals surface area contributed by atoms with Crippen molar-refractivity contribution < 1.29 is 14.6 Å². The van der Waals surface area contributed by atoms with Crippen molar-refractivity contribution in [2.45, 2.75) is 71.9 Å². The molecular weight excluding hydrogens is 280 g/mol. The van der Waals surface area contributed by atoms with Gasteiger partial charge in [-0.05, 0) is 53.0 Å². The Morgan fingerprint density at radius 2 is 2.05 bits per heavy atom. The van der Waals surface area contributed by atoms with Gasteiger partial charge in [-0.25, -0.2) is 4.79 Å². The van der Waals surface area contributed by atoms with E-state index in [2.05, 4.69) is 19.2 Å². The van der Waals surface area contributed by atoms with Gasteiger partial charge in [-0.1, -0.05) is 13.8 Å². The molecule has 2 N–H and O–H groups in total. The van der Waals surface area contributed by atoms with Crippen LogP contribution >= 0.6 is 0 Å². The molecule has 130 valence electrons. The predicted molar refractivity (Wildman–Crippen MR) is 88.9 cm³/mol. The van der Waals surface area contributed by atoms with E-state index in [1.54, 1.807) is 0 Å². The summed E-state index contributed by atoms with van der Waals surface area (Å²) in [5.41, 5.74) is -0.493. The van der Waals surface area contributed by atoms with Gasteiger partial charge in [0.1, 0.15) is 5.60 Å². The van der Waals surface area contributed by atoms with Crippen molar-refractivity contribution in [1.82, 2.24) is 10.2 Å². The first-order chi connectivity index (χ1) is 10.2.